The molecular weight excluding hydrogens is 400 g/mol. The van der Waals surface area contributed by atoms with Gasteiger partial charge in [0.1, 0.15) is 12.2 Å². The number of rotatable bonds is 6. The van der Waals surface area contributed by atoms with Crippen molar-refractivity contribution in [2.75, 3.05) is 18.7 Å². The maximum absolute atomic E-state index is 12.7. The van der Waals surface area contributed by atoms with Crippen LogP contribution in [0.15, 0.2) is 42.0 Å². The molecule has 1 saturated heterocycles. The van der Waals surface area contributed by atoms with Crippen molar-refractivity contribution >= 4 is 41.1 Å². The van der Waals surface area contributed by atoms with Crippen LogP contribution < -0.4 is 25.0 Å². The molecule has 2 aromatic carbocycles. The number of nitrogens with one attached hydrogen (secondary N) is 1. The zero-order chi connectivity index (χ0) is 21.1. The van der Waals surface area contributed by atoms with E-state index in [1.54, 1.807) is 24.3 Å². The van der Waals surface area contributed by atoms with Crippen molar-refractivity contribution in [1.29, 1.82) is 0 Å². The predicted octanol–water partition coefficient (Wildman–Crippen LogP) is 1.25. The molecule has 2 amide bonds. The molecule has 0 bridgehead atoms. The molecular formula is C20H16ClN2O6-. The Bertz CT molecular complexity index is 1030. The average Bonchev–Trinajstić information content (AvgIpc) is 2.97. The summed E-state index contributed by atoms with van der Waals surface area (Å²) in [6.07, 6.45) is 1.40. The number of hydrogen-bond acceptors (Lipinski definition) is 6. The first-order chi connectivity index (χ1) is 13.8. The fraction of sp³-hybridized carbons (Fsp3) is 0.150. The van der Waals surface area contributed by atoms with Gasteiger partial charge in [0.2, 0.25) is 0 Å². The Hall–Kier alpha value is -3.52. The van der Waals surface area contributed by atoms with Crippen LogP contribution in [0.2, 0.25) is 5.02 Å². The smallest absolute Gasteiger partial charge is 0.282 e. The molecule has 0 unspecified atom stereocenters. The first-order valence-corrected chi connectivity index (χ1v) is 8.82. The lowest BCUT2D eigenvalue weighted by atomic mass is 10.1. The zero-order valence-electron chi connectivity index (χ0n) is 15.5. The molecule has 0 spiro atoms. The van der Waals surface area contributed by atoms with Gasteiger partial charge in [0, 0.05) is 5.02 Å². The molecule has 2 aromatic rings. The Morgan fingerprint density at radius 2 is 1.97 bits per heavy atom. The van der Waals surface area contributed by atoms with E-state index >= 15 is 0 Å². The molecule has 1 aliphatic rings. The number of amides is 2. The molecule has 1 heterocycles. The molecule has 0 atom stereocenters. The first-order valence-electron chi connectivity index (χ1n) is 8.44. The van der Waals surface area contributed by atoms with E-state index in [2.05, 4.69) is 5.43 Å². The summed E-state index contributed by atoms with van der Waals surface area (Å²) >= 11 is 6.10. The molecule has 1 fully saturated rings. The van der Waals surface area contributed by atoms with Gasteiger partial charge in [0.25, 0.3) is 11.8 Å². The number of halogens is 1. The lowest BCUT2D eigenvalue weighted by Crippen LogP contribution is -2.35. The Balaban J connectivity index is 1.87. The average molecular weight is 416 g/mol. The van der Waals surface area contributed by atoms with E-state index < -0.39 is 24.4 Å². The molecule has 1 aliphatic heterocycles. The van der Waals surface area contributed by atoms with Gasteiger partial charge in [-0.05, 0) is 48.4 Å². The van der Waals surface area contributed by atoms with E-state index in [0.717, 1.165) is 10.6 Å². The van der Waals surface area contributed by atoms with Crippen molar-refractivity contribution in [3.05, 3.63) is 58.1 Å². The summed E-state index contributed by atoms with van der Waals surface area (Å²) in [4.78, 5) is 35.6. The third kappa shape index (κ3) is 4.33. The molecule has 0 aliphatic carbocycles. The Morgan fingerprint density at radius 1 is 1.21 bits per heavy atom. The lowest BCUT2D eigenvalue weighted by molar-refractivity contribution is -0.307. The van der Waals surface area contributed by atoms with Crippen molar-refractivity contribution in [3.8, 4) is 11.5 Å². The molecule has 9 heteroatoms. The Morgan fingerprint density at radius 3 is 2.62 bits per heavy atom. The molecule has 1 N–H and O–H groups in total. The maximum atomic E-state index is 12.7. The number of carboxylic acid groups (broad SMARTS) is 1. The number of hydrazine groups is 1. The van der Waals surface area contributed by atoms with Crippen LogP contribution in [-0.2, 0) is 14.4 Å². The summed E-state index contributed by atoms with van der Waals surface area (Å²) in [5.41, 5.74) is 4.19. The third-order valence-electron chi connectivity index (χ3n) is 4.15. The number of anilines is 1. The van der Waals surface area contributed by atoms with Crippen LogP contribution in [0.5, 0.6) is 11.5 Å². The second-order valence-electron chi connectivity index (χ2n) is 6.14. The van der Waals surface area contributed by atoms with Crippen LogP contribution >= 0.6 is 11.6 Å². The fourth-order valence-corrected chi connectivity index (χ4v) is 2.83. The lowest BCUT2D eigenvalue weighted by Gasteiger charge is -2.15. The minimum Gasteiger partial charge on any atom is -0.546 e. The number of nitrogens with zero attached hydrogens (tertiary/aromatic N) is 1. The van der Waals surface area contributed by atoms with Gasteiger partial charge in [-0.3, -0.25) is 15.0 Å². The number of carboxylic acids is 1. The summed E-state index contributed by atoms with van der Waals surface area (Å²) < 4.78 is 10.3. The summed E-state index contributed by atoms with van der Waals surface area (Å²) in [5.74, 6) is -2.04. The van der Waals surface area contributed by atoms with Crippen LogP contribution in [0.1, 0.15) is 11.1 Å². The van der Waals surface area contributed by atoms with Gasteiger partial charge < -0.3 is 19.4 Å². The first kappa shape index (κ1) is 20.2. The molecule has 8 nitrogen and oxygen atoms in total. The molecule has 0 saturated carbocycles. The van der Waals surface area contributed by atoms with E-state index in [4.69, 9.17) is 21.1 Å². The number of aliphatic carboxylic acids is 1. The third-order valence-corrected chi connectivity index (χ3v) is 4.56. The van der Waals surface area contributed by atoms with Crippen molar-refractivity contribution in [1.82, 2.24) is 5.43 Å². The SMILES string of the molecule is COc1cc(/C=C2/C(=O)NN(c3ccc(C)c(Cl)c3)C2=O)ccc1OCC(=O)[O-]. The van der Waals surface area contributed by atoms with Crippen molar-refractivity contribution in [2.24, 2.45) is 0 Å². The van der Waals surface area contributed by atoms with Gasteiger partial charge in [-0.2, -0.15) is 0 Å². The van der Waals surface area contributed by atoms with Crippen LogP contribution in [-0.4, -0.2) is 31.5 Å². The Kier molecular flexibility index (Phi) is 5.74. The van der Waals surface area contributed by atoms with Crippen LogP contribution in [0.4, 0.5) is 5.69 Å². The van der Waals surface area contributed by atoms with Crippen LogP contribution in [0.3, 0.4) is 0 Å². The molecule has 3 rings (SSSR count). The predicted molar refractivity (Wildman–Crippen MR) is 103 cm³/mol. The number of aryl methyl sites for hydroxylation is 1. The van der Waals surface area contributed by atoms with Gasteiger partial charge in [-0.25, -0.2) is 5.01 Å². The number of benzene rings is 2. The monoisotopic (exact) mass is 415 g/mol. The van der Waals surface area contributed by atoms with Crippen molar-refractivity contribution < 1.29 is 29.0 Å². The highest BCUT2D eigenvalue weighted by atomic mass is 35.5. The maximum Gasteiger partial charge on any atom is 0.282 e. The minimum atomic E-state index is -1.37. The molecule has 0 aromatic heterocycles. The van der Waals surface area contributed by atoms with Crippen molar-refractivity contribution in [3.63, 3.8) is 0 Å². The molecule has 29 heavy (non-hydrogen) atoms. The Labute approximate surface area is 171 Å². The van der Waals surface area contributed by atoms with Gasteiger partial charge in [0.15, 0.2) is 11.5 Å². The quantitative estimate of drug-likeness (QED) is 0.562. The normalized spacial score (nSPS) is 14.9. The number of methoxy groups -OCH3 is 1. The molecule has 0 radical (unpaired) electrons. The number of ether oxygens (including phenoxy) is 2. The summed E-state index contributed by atoms with van der Waals surface area (Å²) in [7, 11) is 1.38. The largest absolute Gasteiger partial charge is 0.546 e. The van der Waals surface area contributed by atoms with Crippen LogP contribution in [0.25, 0.3) is 6.08 Å². The van der Waals surface area contributed by atoms with E-state index in [1.165, 1.54) is 25.3 Å². The second-order valence-corrected chi connectivity index (χ2v) is 6.55. The van der Waals surface area contributed by atoms with E-state index in [-0.39, 0.29) is 17.1 Å². The number of carbonyl (C=O) groups is 3. The minimum absolute atomic E-state index is 0.0767. The van der Waals surface area contributed by atoms with Crippen molar-refractivity contribution in [2.45, 2.75) is 6.92 Å². The summed E-state index contributed by atoms with van der Waals surface area (Å²) in [6, 6.07) is 9.56. The second kappa shape index (κ2) is 8.24. The number of carbonyl (C=O) groups excluding carboxylic acids is 3. The van der Waals surface area contributed by atoms with Gasteiger partial charge in [0.05, 0.1) is 18.8 Å². The zero-order valence-corrected chi connectivity index (χ0v) is 16.3. The highest BCUT2D eigenvalue weighted by Gasteiger charge is 2.34. The fourth-order valence-electron chi connectivity index (χ4n) is 2.66. The summed E-state index contributed by atoms with van der Waals surface area (Å²) in [5, 5.41) is 12.1. The van der Waals surface area contributed by atoms with E-state index in [9.17, 15) is 19.5 Å². The van der Waals surface area contributed by atoms with Gasteiger partial charge >= 0.3 is 0 Å². The van der Waals surface area contributed by atoms with E-state index in [0.29, 0.717) is 16.3 Å². The topological polar surface area (TPSA) is 108 Å². The van der Waals surface area contributed by atoms with Crippen LogP contribution in [0, 0.1) is 6.92 Å². The summed E-state index contributed by atoms with van der Waals surface area (Å²) in [6.45, 7) is 1.20. The molecule has 150 valence electrons. The standard InChI is InChI=1S/C20H17ClN2O6/c1-11-3-5-13(9-15(11)21)23-20(27)14(19(26)22-23)7-12-4-6-16(17(8-12)28-2)29-10-18(24)25/h3-9H,10H2,1-2H3,(H,22,26)(H,24,25)/p-1/b14-7-. The van der Waals surface area contributed by atoms with E-state index in [1.807, 2.05) is 6.92 Å². The highest BCUT2D eigenvalue weighted by Crippen LogP contribution is 2.30. The number of hydrogen-bond donors (Lipinski definition) is 1. The van der Waals surface area contributed by atoms with Gasteiger partial charge in [-0.15, -0.1) is 0 Å². The highest BCUT2D eigenvalue weighted by molar-refractivity contribution is 6.33. The van der Waals surface area contributed by atoms with Gasteiger partial charge in [-0.1, -0.05) is 23.7 Å².